The molecule has 0 fully saturated rings. The van der Waals surface area contributed by atoms with E-state index in [1.165, 1.54) is 0 Å². The van der Waals surface area contributed by atoms with Gasteiger partial charge in [-0.05, 0) is 20.3 Å². The third kappa shape index (κ3) is 2.73. The maximum absolute atomic E-state index is 10.4. The van der Waals surface area contributed by atoms with Crippen LogP contribution in [0.1, 0.15) is 36.0 Å². The lowest BCUT2D eigenvalue weighted by molar-refractivity contribution is -0.137. The van der Waals surface area contributed by atoms with Gasteiger partial charge in [-0.3, -0.25) is 4.79 Å². The summed E-state index contributed by atoms with van der Waals surface area (Å²) in [5.41, 5.74) is 6.61. The zero-order chi connectivity index (χ0) is 11.6. The molecule has 0 bridgehead atoms. The Bertz CT molecular complexity index is 373. The van der Waals surface area contributed by atoms with Crippen LogP contribution in [0.15, 0.2) is 4.42 Å². The van der Waals surface area contributed by atoms with Crippen LogP contribution < -0.4 is 5.73 Å². The zero-order valence-electron chi connectivity index (χ0n) is 8.71. The van der Waals surface area contributed by atoms with Crippen molar-refractivity contribution in [3.63, 3.8) is 0 Å². The van der Waals surface area contributed by atoms with Gasteiger partial charge in [0.1, 0.15) is 11.5 Å². The molecule has 1 heterocycles. The lowest BCUT2D eigenvalue weighted by Gasteiger charge is -2.07. The number of aliphatic carboxylic acids is 1. The van der Waals surface area contributed by atoms with Crippen LogP contribution in [0.3, 0.4) is 0 Å². The third-order valence-electron chi connectivity index (χ3n) is 2.28. The Balaban J connectivity index is 2.77. The van der Waals surface area contributed by atoms with Gasteiger partial charge in [-0.25, -0.2) is 0 Å². The molecule has 4 nitrogen and oxygen atoms in total. The fourth-order valence-electron chi connectivity index (χ4n) is 1.42. The van der Waals surface area contributed by atoms with Gasteiger partial charge in [-0.1, -0.05) is 11.6 Å². The van der Waals surface area contributed by atoms with E-state index in [4.69, 9.17) is 26.9 Å². The second kappa shape index (κ2) is 4.68. The lowest BCUT2D eigenvalue weighted by Crippen LogP contribution is -2.12. The van der Waals surface area contributed by atoms with Crippen LogP contribution in [-0.2, 0) is 4.79 Å². The van der Waals surface area contributed by atoms with Crippen LogP contribution in [0.5, 0.6) is 0 Å². The molecule has 15 heavy (non-hydrogen) atoms. The number of halogens is 1. The number of aryl methyl sites for hydroxylation is 1. The molecule has 1 aromatic heterocycles. The van der Waals surface area contributed by atoms with Crippen molar-refractivity contribution in [2.75, 3.05) is 0 Å². The summed E-state index contributed by atoms with van der Waals surface area (Å²) in [6, 6.07) is -0.410. The molecule has 0 saturated heterocycles. The first-order valence-corrected chi connectivity index (χ1v) is 5.04. The van der Waals surface area contributed by atoms with Gasteiger partial charge in [-0.2, -0.15) is 0 Å². The number of carbonyl (C=O) groups is 1. The molecule has 1 unspecified atom stereocenters. The molecule has 1 aromatic rings. The number of rotatable bonds is 4. The minimum Gasteiger partial charge on any atom is -0.481 e. The molecule has 0 saturated carbocycles. The Labute approximate surface area is 93.0 Å². The van der Waals surface area contributed by atoms with E-state index in [2.05, 4.69) is 0 Å². The molecule has 1 atom stereocenters. The summed E-state index contributed by atoms with van der Waals surface area (Å²) in [4.78, 5) is 10.4. The van der Waals surface area contributed by atoms with E-state index in [-0.39, 0.29) is 6.42 Å². The van der Waals surface area contributed by atoms with Crippen molar-refractivity contribution in [3.05, 3.63) is 22.1 Å². The molecular formula is C10H14ClNO3. The van der Waals surface area contributed by atoms with Crippen molar-refractivity contribution in [1.29, 1.82) is 0 Å². The van der Waals surface area contributed by atoms with Gasteiger partial charge in [0, 0.05) is 12.0 Å². The Hall–Kier alpha value is -1.00. The summed E-state index contributed by atoms with van der Waals surface area (Å²) in [5.74, 6) is 0.339. The average Bonchev–Trinajstić information content (AvgIpc) is 2.42. The average molecular weight is 232 g/mol. The largest absolute Gasteiger partial charge is 0.481 e. The van der Waals surface area contributed by atoms with Crippen LogP contribution in [-0.4, -0.2) is 11.1 Å². The third-order valence-corrected chi connectivity index (χ3v) is 2.83. The summed E-state index contributed by atoms with van der Waals surface area (Å²) in [7, 11) is 0. The fourth-order valence-corrected chi connectivity index (χ4v) is 1.55. The predicted octanol–water partition coefficient (Wildman–Crippen LogP) is 2.41. The van der Waals surface area contributed by atoms with Crippen LogP contribution in [0.2, 0.25) is 5.02 Å². The van der Waals surface area contributed by atoms with E-state index in [1.807, 2.05) is 6.92 Å². The van der Waals surface area contributed by atoms with Crippen molar-refractivity contribution < 1.29 is 14.3 Å². The molecule has 0 radical (unpaired) electrons. The van der Waals surface area contributed by atoms with E-state index < -0.39 is 12.0 Å². The normalized spacial score (nSPS) is 12.8. The van der Waals surface area contributed by atoms with E-state index in [0.29, 0.717) is 23.0 Å². The van der Waals surface area contributed by atoms with E-state index in [1.54, 1.807) is 6.92 Å². The Morgan fingerprint density at radius 3 is 2.60 bits per heavy atom. The Morgan fingerprint density at radius 1 is 1.60 bits per heavy atom. The van der Waals surface area contributed by atoms with Crippen molar-refractivity contribution in [2.45, 2.75) is 32.7 Å². The number of carboxylic acids is 1. The molecule has 0 amide bonds. The number of hydrogen-bond donors (Lipinski definition) is 2. The van der Waals surface area contributed by atoms with Crippen LogP contribution in [0.25, 0.3) is 0 Å². The van der Waals surface area contributed by atoms with Crippen molar-refractivity contribution in [3.8, 4) is 0 Å². The molecule has 0 spiro atoms. The second-order valence-electron chi connectivity index (χ2n) is 3.50. The molecule has 0 aliphatic heterocycles. The second-order valence-corrected chi connectivity index (χ2v) is 3.88. The molecule has 0 aromatic carbocycles. The highest BCUT2D eigenvalue weighted by Gasteiger charge is 2.18. The van der Waals surface area contributed by atoms with Gasteiger partial charge in [0.25, 0.3) is 0 Å². The fraction of sp³-hybridized carbons (Fsp3) is 0.500. The van der Waals surface area contributed by atoms with Gasteiger partial charge < -0.3 is 15.3 Å². The van der Waals surface area contributed by atoms with Crippen LogP contribution in [0.4, 0.5) is 0 Å². The van der Waals surface area contributed by atoms with Gasteiger partial charge in [0.15, 0.2) is 0 Å². The topological polar surface area (TPSA) is 76.5 Å². The monoisotopic (exact) mass is 231 g/mol. The zero-order valence-corrected chi connectivity index (χ0v) is 9.47. The van der Waals surface area contributed by atoms with Gasteiger partial charge in [0.05, 0.1) is 11.1 Å². The van der Waals surface area contributed by atoms with Gasteiger partial charge >= 0.3 is 5.97 Å². The maximum Gasteiger partial charge on any atom is 0.303 e. The maximum atomic E-state index is 10.4. The molecule has 1 rings (SSSR count). The molecule has 0 aliphatic rings. The summed E-state index contributed by atoms with van der Waals surface area (Å²) >= 11 is 5.94. The minimum absolute atomic E-state index is 0.0258. The minimum atomic E-state index is -0.863. The molecule has 84 valence electrons. The van der Waals surface area contributed by atoms with Crippen molar-refractivity contribution in [2.24, 2.45) is 5.73 Å². The molecule has 5 heteroatoms. The van der Waals surface area contributed by atoms with Crippen LogP contribution in [0, 0.1) is 13.8 Å². The smallest absolute Gasteiger partial charge is 0.303 e. The standard InChI is InChI=1S/C10H14ClNO3/c1-5-9(11)6(2)15-10(5)7(12)3-4-8(13)14/h7H,3-4,12H2,1-2H3,(H,13,14). The highest BCUT2D eigenvalue weighted by atomic mass is 35.5. The highest BCUT2D eigenvalue weighted by Crippen LogP contribution is 2.31. The van der Waals surface area contributed by atoms with E-state index in [9.17, 15) is 4.79 Å². The Morgan fingerprint density at radius 2 is 2.20 bits per heavy atom. The summed E-state index contributed by atoms with van der Waals surface area (Å²) in [5, 5.41) is 9.09. The molecule has 3 N–H and O–H groups in total. The molecular weight excluding hydrogens is 218 g/mol. The highest BCUT2D eigenvalue weighted by molar-refractivity contribution is 6.32. The summed E-state index contributed by atoms with van der Waals surface area (Å²) in [6.45, 7) is 3.57. The van der Waals surface area contributed by atoms with Gasteiger partial charge in [-0.15, -0.1) is 0 Å². The quantitative estimate of drug-likeness (QED) is 0.834. The van der Waals surface area contributed by atoms with E-state index >= 15 is 0 Å². The lowest BCUT2D eigenvalue weighted by atomic mass is 10.1. The number of carboxylic acid groups (broad SMARTS) is 1. The predicted molar refractivity (Wildman–Crippen MR) is 57.0 cm³/mol. The first-order chi connectivity index (χ1) is 6.93. The summed E-state index contributed by atoms with van der Waals surface area (Å²) in [6.07, 6.45) is 0.372. The SMILES string of the molecule is Cc1oc(C(N)CCC(=O)O)c(C)c1Cl. The summed E-state index contributed by atoms with van der Waals surface area (Å²) < 4.78 is 5.39. The van der Waals surface area contributed by atoms with Crippen molar-refractivity contribution in [1.82, 2.24) is 0 Å². The number of furan rings is 1. The Kier molecular flexibility index (Phi) is 3.77. The van der Waals surface area contributed by atoms with Crippen LogP contribution >= 0.6 is 11.6 Å². The molecule has 0 aliphatic carbocycles. The van der Waals surface area contributed by atoms with Crippen molar-refractivity contribution >= 4 is 17.6 Å². The first-order valence-electron chi connectivity index (χ1n) is 4.66. The number of hydrogen-bond acceptors (Lipinski definition) is 3. The van der Waals surface area contributed by atoms with E-state index in [0.717, 1.165) is 5.56 Å². The van der Waals surface area contributed by atoms with Gasteiger partial charge in [0.2, 0.25) is 0 Å². The number of nitrogens with two attached hydrogens (primary N) is 1. The first kappa shape index (κ1) is 12.1.